The molecular weight excluding hydrogens is 408 g/mol. The summed E-state index contributed by atoms with van der Waals surface area (Å²) in [4.78, 5) is 16.7. The molecular formula is C20H19BrN4O2. The van der Waals surface area contributed by atoms with Gasteiger partial charge in [0.1, 0.15) is 0 Å². The minimum atomic E-state index is -0.306. The molecule has 1 heterocycles. The van der Waals surface area contributed by atoms with Crippen LogP contribution < -0.4 is 10.6 Å². The van der Waals surface area contributed by atoms with Gasteiger partial charge in [-0.1, -0.05) is 17.6 Å². The number of aromatic nitrogens is 2. The quantitative estimate of drug-likeness (QED) is 0.558. The van der Waals surface area contributed by atoms with Crippen molar-refractivity contribution < 1.29 is 9.32 Å². The normalized spacial score (nSPS) is 13.9. The molecule has 2 amide bonds. The van der Waals surface area contributed by atoms with Gasteiger partial charge >= 0.3 is 6.03 Å². The average molecular weight is 427 g/mol. The number of benzene rings is 2. The van der Waals surface area contributed by atoms with Crippen molar-refractivity contribution in [3.8, 4) is 11.4 Å². The number of carbonyl (C=O) groups excluding carboxylic acids is 1. The predicted octanol–water partition coefficient (Wildman–Crippen LogP) is 5.72. The number of nitrogens with one attached hydrogen (secondary N) is 2. The molecule has 1 aliphatic carbocycles. The number of carbonyl (C=O) groups is 1. The fourth-order valence-electron chi connectivity index (χ4n) is 2.88. The third-order valence-electron chi connectivity index (χ3n) is 4.67. The highest BCUT2D eigenvalue weighted by atomic mass is 79.9. The van der Waals surface area contributed by atoms with Gasteiger partial charge in [0.05, 0.1) is 5.69 Å². The summed E-state index contributed by atoms with van der Waals surface area (Å²) in [5, 5.41) is 9.70. The van der Waals surface area contributed by atoms with Crippen LogP contribution in [0.2, 0.25) is 0 Å². The second-order valence-corrected chi connectivity index (χ2v) is 7.58. The Bertz CT molecular complexity index is 964. The molecule has 4 rings (SSSR count). The molecule has 0 radical (unpaired) electrons. The molecule has 2 aromatic carbocycles. The lowest BCUT2D eigenvalue weighted by molar-refractivity contribution is 0.262. The smallest absolute Gasteiger partial charge is 0.323 e. The minimum Gasteiger partial charge on any atom is -0.339 e. The summed E-state index contributed by atoms with van der Waals surface area (Å²) >= 11 is 3.45. The van der Waals surface area contributed by atoms with E-state index in [1.54, 1.807) is 0 Å². The molecule has 0 spiro atoms. The second-order valence-electron chi connectivity index (χ2n) is 6.72. The zero-order valence-electron chi connectivity index (χ0n) is 14.8. The molecule has 138 valence electrons. The molecule has 27 heavy (non-hydrogen) atoms. The second kappa shape index (κ2) is 7.52. The Balaban J connectivity index is 1.39. The average Bonchev–Trinajstić information content (AvgIpc) is 3.06. The number of urea groups is 1. The third-order valence-corrected chi connectivity index (χ3v) is 5.33. The zero-order chi connectivity index (χ0) is 18.8. The first-order valence-electron chi connectivity index (χ1n) is 8.87. The first-order valence-corrected chi connectivity index (χ1v) is 9.66. The van der Waals surface area contributed by atoms with E-state index in [9.17, 15) is 4.79 Å². The van der Waals surface area contributed by atoms with Crippen molar-refractivity contribution in [2.45, 2.75) is 32.1 Å². The van der Waals surface area contributed by atoms with Gasteiger partial charge in [-0.3, -0.25) is 0 Å². The van der Waals surface area contributed by atoms with Crippen molar-refractivity contribution >= 4 is 33.3 Å². The van der Waals surface area contributed by atoms with E-state index in [2.05, 4.69) is 36.7 Å². The van der Waals surface area contributed by atoms with Crippen molar-refractivity contribution in [3.63, 3.8) is 0 Å². The molecule has 0 unspecified atom stereocenters. The molecule has 1 saturated carbocycles. The Morgan fingerprint density at radius 3 is 2.59 bits per heavy atom. The summed E-state index contributed by atoms with van der Waals surface area (Å²) in [5.74, 6) is 1.72. The van der Waals surface area contributed by atoms with E-state index in [0.717, 1.165) is 34.3 Å². The van der Waals surface area contributed by atoms with E-state index in [4.69, 9.17) is 4.52 Å². The molecule has 2 N–H and O–H groups in total. The fraction of sp³-hybridized carbons (Fsp3) is 0.250. The lowest BCUT2D eigenvalue weighted by atomic mass is 9.85. The maximum atomic E-state index is 12.2. The topological polar surface area (TPSA) is 80.0 Å². The van der Waals surface area contributed by atoms with Gasteiger partial charge in [0.25, 0.3) is 0 Å². The lowest BCUT2D eigenvalue weighted by Gasteiger charge is -2.20. The number of rotatable bonds is 4. The van der Waals surface area contributed by atoms with Crippen LogP contribution in [0, 0.1) is 6.92 Å². The molecule has 1 aromatic heterocycles. The van der Waals surface area contributed by atoms with Crippen LogP contribution in [0.4, 0.5) is 16.2 Å². The van der Waals surface area contributed by atoms with Crippen LogP contribution in [0.25, 0.3) is 11.4 Å². The van der Waals surface area contributed by atoms with Gasteiger partial charge in [-0.15, -0.1) is 0 Å². The number of anilines is 2. The maximum absolute atomic E-state index is 12.2. The highest BCUT2D eigenvalue weighted by Crippen LogP contribution is 2.36. The molecule has 0 atom stereocenters. The summed E-state index contributed by atoms with van der Waals surface area (Å²) in [6, 6.07) is 12.8. The Labute approximate surface area is 165 Å². The maximum Gasteiger partial charge on any atom is 0.323 e. The molecule has 3 aromatic rings. The van der Waals surface area contributed by atoms with Crippen LogP contribution in [-0.4, -0.2) is 16.2 Å². The summed E-state index contributed by atoms with van der Waals surface area (Å²) in [6.45, 7) is 2.00. The Morgan fingerprint density at radius 1 is 1.15 bits per heavy atom. The van der Waals surface area contributed by atoms with E-state index in [1.165, 1.54) is 6.42 Å². The Hall–Kier alpha value is -2.67. The lowest BCUT2D eigenvalue weighted by Crippen LogP contribution is -2.19. The molecule has 0 aliphatic heterocycles. The van der Waals surface area contributed by atoms with Crippen molar-refractivity contribution in [1.29, 1.82) is 0 Å². The van der Waals surface area contributed by atoms with Crippen LogP contribution >= 0.6 is 15.9 Å². The number of halogens is 1. The van der Waals surface area contributed by atoms with Crippen LogP contribution in [0.15, 0.2) is 51.5 Å². The first-order chi connectivity index (χ1) is 13.1. The van der Waals surface area contributed by atoms with E-state index < -0.39 is 0 Å². The van der Waals surface area contributed by atoms with Gasteiger partial charge < -0.3 is 15.2 Å². The largest absolute Gasteiger partial charge is 0.339 e. The predicted molar refractivity (Wildman–Crippen MR) is 108 cm³/mol. The monoisotopic (exact) mass is 426 g/mol. The van der Waals surface area contributed by atoms with E-state index in [-0.39, 0.29) is 6.03 Å². The summed E-state index contributed by atoms with van der Waals surface area (Å²) in [5.41, 5.74) is 3.37. The molecule has 6 nitrogen and oxygen atoms in total. The number of aryl methyl sites for hydroxylation is 1. The minimum absolute atomic E-state index is 0.306. The number of amides is 2. The molecule has 1 fully saturated rings. The summed E-state index contributed by atoms with van der Waals surface area (Å²) < 4.78 is 6.20. The molecule has 0 bridgehead atoms. The van der Waals surface area contributed by atoms with Gasteiger partial charge in [0, 0.05) is 21.6 Å². The number of hydrogen-bond acceptors (Lipinski definition) is 4. The van der Waals surface area contributed by atoms with E-state index in [0.29, 0.717) is 23.1 Å². The standard InChI is InChI=1S/C20H19BrN4O2/c1-12-5-10-17(16(21)11-12)23-20(26)22-15-8-6-13(7-9-15)18-24-19(27-25-18)14-3-2-4-14/h5-11,14H,2-4H2,1H3,(H2,22,23,26). The Kier molecular flexibility index (Phi) is 4.94. The summed E-state index contributed by atoms with van der Waals surface area (Å²) in [7, 11) is 0. The molecule has 7 heteroatoms. The van der Waals surface area contributed by atoms with Gasteiger partial charge in [-0.25, -0.2) is 4.79 Å². The van der Waals surface area contributed by atoms with Crippen molar-refractivity contribution in [3.05, 3.63) is 58.4 Å². The van der Waals surface area contributed by atoms with Crippen LogP contribution in [0.1, 0.15) is 36.6 Å². The van der Waals surface area contributed by atoms with Gasteiger partial charge in [-0.2, -0.15) is 4.98 Å². The summed E-state index contributed by atoms with van der Waals surface area (Å²) in [6.07, 6.45) is 3.47. The molecule has 0 saturated heterocycles. The van der Waals surface area contributed by atoms with Crippen molar-refractivity contribution in [1.82, 2.24) is 10.1 Å². The van der Waals surface area contributed by atoms with Crippen molar-refractivity contribution in [2.24, 2.45) is 0 Å². The van der Waals surface area contributed by atoms with E-state index in [1.807, 2.05) is 49.4 Å². The highest BCUT2D eigenvalue weighted by molar-refractivity contribution is 9.10. The van der Waals surface area contributed by atoms with Crippen LogP contribution in [-0.2, 0) is 0 Å². The van der Waals surface area contributed by atoms with Crippen molar-refractivity contribution in [2.75, 3.05) is 10.6 Å². The highest BCUT2D eigenvalue weighted by Gasteiger charge is 2.25. The first kappa shape index (κ1) is 17.7. The molecule has 1 aliphatic rings. The number of hydrogen-bond donors (Lipinski definition) is 2. The zero-order valence-corrected chi connectivity index (χ0v) is 16.4. The van der Waals surface area contributed by atoms with Gasteiger partial charge in [0.2, 0.25) is 11.7 Å². The van der Waals surface area contributed by atoms with Gasteiger partial charge in [0.15, 0.2) is 0 Å². The van der Waals surface area contributed by atoms with Gasteiger partial charge in [-0.05, 0) is 77.7 Å². The third kappa shape index (κ3) is 4.03. The van der Waals surface area contributed by atoms with E-state index >= 15 is 0 Å². The fourth-order valence-corrected chi connectivity index (χ4v) is 3.47. The number of nitrogens with zero attached hydrogens (tertiary/aromatic N) is 2. The SMILES string of the molecule is Cc1ccc(NC(=O)Nc2ccc(-c3noc(C4CCC4)n3)cc2)c(Br)c1. The van der Waals surface area contributed by atoms with Crippen LogP contribution in [0.3, 0.4) is 0 Å². The Morgan fingerprint density at radius 2 is 1.93 bits per heavy atom. The van der Waals surface area contributed by atoms with Crippen LogP contribution in [0.5, 0.6) is 0 Å².